The normalized spacial score (nSPS) is 15.1. The lowest BCUT2D eigenvalue weighted by Crippen LogP contribution is -2.46. The molecule has 1 saturated heterocycles. The van der Waals surface area contributed by atoms with Crippen LogP contribution in [0.3, 0.4) is 0 Å². The summed E-state index contributed by atoms with van der Waals surface area (Å²) in [5.74, 6) is 0.0351. The van der Waals surface area contributed by atoms with Crippen molar-refractivity contribution in [2.75, 3.05) is 40.3 Å². The Morgan fingerprint density at radius 2 is 1.95 bits per heavy atom. The molecule has 124 valence electrons. The largest absolute Gasteiger partial charge is 0.495 e. The number of hydrogen-bond acceptors (Lipinski definition) is 5. The van der Waals surface area contributed by atoms with E-state index in [2.05, 4.69) is 10.0 Å². The van der Waals surface area contributed by atoms with Crippen LogP contribution in [-0.2, 0) is 10.0 Å². The van der Waals surface area contributed by atoms with Crippen LogP contribution in [0.5, 0.6) is 5.75 Å². The van der Waals surface area contributed by atoms with Gasteiger partial charge in [0.1, 0.15) is 10.6 Å². The lowest BCUT2D eigenvalue weighted by Gasteiger charge is -2.27. The van der Waals surface area contributed by atoms with Gasteiger partial charge in [-0.1, -0.05) is 0 Å². The fourth-order valence-corrected chi connectivity index (χ4v) is 3.10. The van der Waals surface area contributed by atoms with Gasteiger partial charge >= 0.3 is 0 Å². The number of rotatable bonds is 4. The highest BCUT2D eigenvalue weighted by atomic mass is 35.5. The molecule has 9 heteroatoms. The zero-order chi connectivity index (χ0) is 15.5. The first kappa shape index (κ1) is 18.7. The Hall–Kier alpha value is -1.35. The lowest BCUT2D eigenvalue weighted by molar-refractivity contribution is 0.0735. The van der Waals surface area contributed by atoms with Crippen LogP contribution in [0.2, 0.25) is 0 Å². The van der Waals surface area contributed by atoms with E-state index in [1.54, 1.807) is 11.0 Å². The Kier molecular flexibility index (Phi) is 6.61. The molecule has 0 aliphatic carbocycles. The Labute approximate surface area is 136 Å². The summed E-state index contributed by atoms with van der Waals surface area (Å²) in [5, 5.41) is 3.16. The van der Waals surface area contributed by atoms with Crippen molar-refractivity contribution < 1.29 is 17.9 Å². The Bertz CT molecular complexity index is 630. The number of carbonyl (C=O) groups excluding carboxylic acids is 1. The van der Waals surface area contributed by atoms with E-state index in [1.807, 2.05) is 0 Å². The maximum atomic E-state index is 12.4. The topological polar surface area (TPSA) is 87.7 Å². The van der Waals surface area contributed by atoms with Gasteiger partial charge in [-0.3, -0.25) is 4.79 Å². The maximum absolute atomic E-state index is 12.4. The third-order valence-electron chi connectivity index (χ3n) is 3.37. The van der Waals surface area contributed by atoms with Crippen LogP contribution < -0.4 is 14.8 Å². The molecule has 22 heavy (non-hydrogen) atoms. The van der Waals surface area contributed by atoms with E-state index in [0.29, 0.717) is 18.7 Å². The summed E-state index contributed by atoms with van der Waals surface area (Å²) in [4.78, 5) is 14.1. The molecule has 1 heterocycles. The summed E-state index contributed by atoms with van der Waals surface area (Å²) in [6, 6.07) is 4.44. The zero-order valence-corrected chi connectivity index (χ0v) is 14.1. The molecule has 0 atom stereocenters. The van der Waals surface area contributed by atoms with Crippen LogP contribution in [0.25, 0.3) is 0 Å². The van der Waals surface area contributed by atoms with E-state index in [0.717, 1.165) is 13.1 Å². The zero-order valence-electron chi connectivity index (χ0n) is 12.5. The minimum absolute atomic E-state index is 0. The number of piperazine rings is 1. The molecule has 1 amide bonds. The van der Waals surface area contributed by atoms with E-state index in [-0.39, 0.29) is 29.0 Å². The maximum Gasteiger partial charge on any atom is 0.253 e. The SMILES string of the molecule is CNS(=O)(=O)c1cc(C(=O)N2CCNCC2)ccc1OC.Cl. The molecule has 1 aliphatic heterocycles. The minimum Gasteiger partial charge on any atom is -0.495 e. The molecule has 0 spiro atoms. The molecule has 2 N–H and O–H groups in total. The van der Waals surface area contributed by atoms with Gasteiger partial charge in [0.25, 0.3) is 5.91 Å². The lowest BCUT2D eigenvalue weighted by atomic mass is 10.1. The van der Waals surface area contributed by atoms with E-state index in [1.165, 1.54) is 26.3 Å². The number of benzene rings is 1. The van der Waals surface area contributed by atoms with Gasteiger partial charge in [-0.05, 0) is 25.2 Å². The molecule has 1 aromatic rings. The second kappa shape index (κ2) is 7.77. The Morgan fingerprint density at radius 3 is 2.50 bits per heavy atom. The number of halogens is 1. The number of nitrogens with zero attached hydrogens (tertiary/aromatic N) is 1. The third kappa shape index (κ3) is 3.89. The summed E-state index contributed by atoms with van der Waals surface area (Å²) in [6.45, 7) is 2.70. The van der Waals surface area contributed by atoms with E-state index < -0.39 is 10.0 Å². The van der Waals surface area contributed by atoms with E-state index >= 15 is 0 Å². The molecule has 2 rings (SSSR count). The number of ether oxygens (including phenoxy) is 1. The fourth-order valence-electron chi connectivity index (χ4n) is 2.18. The summed E-state index contributed by atoms with van der Waals surface area (Å²) in [7, 11) is -0.976. The molecule has 1 aliphatic rings. The molecule has 0 unspecified atom stereocenters. The van der Waals surface area contributed by atoms with Crippen LogP contribution in [0.15, 0.2) is 23.1 Å². The summed E-state index contributed by atoms with van der Waals surface area (Å²) < 4.78 is 31.3. The minimum atomic E-state index is -3.69. The smallest absolute Gasteiger partial charge is 0.253 e. The van der Waals surface area contributed by atoms with Gasteiger partial charge < -0.3 is 15.0 Å². The van der Waals surface area contributed by atoms with Gasteiger partial charge in [0.2, 0.25) is 10.0 Å². The van der Waals surface area contributed by atoms with Crippen molar-refractivity contribution in [1.29, 1.82) is 0 Å². The monoisotopic (exact) mass is 349 g/mol. The summed E-state index contributed by atoms with van der Waals surface area (Å²) in [5.41, 5.74) is 0.339. The predicted molar refractivity (Wildman–Crippen MR) is 85.3 cm³/mol. The molecular formula is C13H20ClN3O4S. The van der Waals surface area contributed by atoms with Gasteiger partial charge in [-0.2, -0.15) is 0 Å². The molecule has 1 fully saturated rings. The number of carbonyl (C=O) groups is 1. The number of hydrogen-bond donors (Lipinski definition) is 2. The molecule has 7 nitrogen and oxygen atoms in total. The number of sulfonamides is 1. The van der Waals surface area contributed by atoms with Gasteiger partial charge in [0.05, 0.1) is 7.11 Å². The highest BCUT2D eigenvalue weighted by Gasteiger charge is 2.23. The average molecular weight is 350 g/mol. The van der Waals surface area contributed by atoms with Crippen molar-refractivity contribution in [3.05, 3.63) is 23.8 Å². The van der Waals surface area contributed by atoms with Gasteiger partial charge in [-0.25, -0.2) is 13.1 Å². The van der Waals surface area contributed by atoms with Crippen molar-refractivity contribution in [3.8, 4) is 5.75 Å². The van der Waals surface area contributed by atoms with Crippen LogP contribution in [0, 0.1) is 0 Å². The number of amides is 1. The van der Waals surface area contributed by atoms with Crippen LogP contribution in [-0.4, -0.2) is 59.6 Å². The summed E-state index contributed by atoms with van der Waals surface area (Å²) in [6.07, 6.45) is 0. The molecule has 0 radical (unpaired) electrons. The quantitative estimate of drug-likeness (QED) is 0.803. The third-order valence-corrected chi connectivity index (χ3v) is 4.81. The van der Waals surface area contributed by atoms with Gasteiger partial charge in [-0.15, -0.1) is 12.4 Å². The second-order valence-electron chi connectivity index (χ2n) is 4.62. The van der Waals surface area contributed by atoms with Gasteiger partial charge in [0.15, 0.2) is 0 Å². The van der Waals surface area contributed by atoms with Crippen molar-refractivity contribution in [2.45, 2.75) is 4.90 Å². The first-order chi connectivity index (χ1) is 9.99. The standard InChI is InChI=1S/C13H19N3O4S.ClH/c1-14-21(18,19)12-9-10(3-4-11(12)20-2)13(17)16-7-5-15-6-8-16;/h3-4,9,14-15H,5-8H2,1-2H3;1H. The number of nitrogens with one attached hydrogen (secondary N) is 2. The van der Waals surface area contributed by atoms with Crippen LogP contribution >= 0.6 is 12.4 Å². The molecular weight excluding hydrogens is 330 g/mol. The second-order valence-corrected chi connectivity index (χ2v) is 6.47. The average Bonchev–Trinajstić information content (AvgIpc) is 2.54. The first-order valence-electron chi connectivity index (χ1n) is 6.61. The number of methoxy groups -OCH3 is 1. The Morgan fingerprint density at radius 1 is 1.32 bits per heavy atom. The Balaban J connectivity index is 0.00000242. The van der Waals surface area contributed by atoms with Crippen LogP contribution in [0.4, 0.5) is 0 Å². The van der Waals surface area contributed by atoms with Crippen molar-refractivity contribution >= 4 is 28.3 Å². The molecule has 0 bridgehead atoms. The highest BCUT2D eigenvalue weighted by molar-refractivity contribution is 7.89. The van der Waals surface area contributed by atoms with Crippen molar-refractivity contribution in [1.82, 2.24) is 14.9 Å². The first-order valence-corrected chi connectivity index (χ1v) is 8.09. The predicted octanol–water partition coefficient (Wildman–Crippen LogP) is 0.0705. The van der Waals surface area contributed by atoms with E-state index in [9.17, 15) is 13.2 Å². The van der Waals surface area contributed by atoms with Crippen molar-refractivity contribution in [2.24, 2.45) is 0 Å². The molecule has 1 aromatic carbocycles. The van der Waals surface area contributed by atoms with Gasteiger partial charge in [0, 0.05) is 31.7 Å². The molecule has 0 saturated carbocycles. The molecule has 0 aromatic heterocycles. The van der Waals surface area contributed by atoms with E-state index in [4.69, 9.17) is 4.74 Å². The van der Waals surface area contributed by atoms with Crippen molar-refractivity contribution in [3.63, 3.8) is 0 Å². The summed E-state index contributed by atoms with van der Waals surface area (Å²) >= 11 is 0. The highest BCUT2D eigenvalue weighted by Crippen LogP contribution is 2.25. The fraction of sp³-hybridized carbons (Fsp3) is 0.462. The van der Waals surface area contributed by atoms with Crippen LogP contribution in [0.1, 0.15) is 10.4 Å².